The van der Waals surface area contributed by atoms with Crippen LogP contribution >= 0.6 is 0 Å². The van der Waals surface area contributed by atoms with E-state index in [0.717, 1.165) is 24.3 Å². The molecule has 20 heavy (non-hydrogen) atoms. The highest BCUT2D eigenvalue weighted by atomic mass is 19.1. The van der Waals surface area contributed by atoms with Gasteiger partial charge >= 0.3 is 6.03 Å². The lowest BCUT2D eigenvalue weighted by Crippen LogP contribution is -2.32. The van der Waals surface area contributed by atoms with Crippen molar-refractivity contribution in [3.63, 3.8) is 0 Å². The number of nitrogens with zero attached hydrogens (tertiary/aromatic N) is 1. The number of urea groups is 1. The minimum Gasteiger partial charge on any atom is -0.351 e. The van der Waals surface area contributed by atoms with Gasteiger partial charge in [-0.3, -0.25) is 4.90 Å². The second-order valence-electron chi connectivity index (χ2n) is 3.87. The number of nitrogens with two attached hydrogens (primary N) is 1. The van der Waals surface area contributed by atoms with E-state index in [1.165, 1.54) is 0 Å². The fourth-order valence-corrected chi connectivity index (χ4v) is 1.69. The number of benzene rings is 2. The van der Waals surface area contributed by atoms with Gasteiger partial charge in [0.05, 0.1) is 11.4 Å². The summed E-state index contributed by atoms with van der Waals surface area (Å²) in [6.45, 7) is 0. The maximum atomic E-state index is 13.7. The monoisotopic (exact) mass is 284 g/mol. The molecule has 0 aliphatic heterocycles. The fourth-order valence-electron chi connectivity index (χ4n) is 1.69. The van der Waals surface area contributed by atoms with Crippen molar-refractivity contribution in [3.8, 4) is 0 Å². The Labute approximate surface area is 111 Å². The van der Waals surface area contributed by atoms with Crippen LogP contribution in [0.4, 0.5) is 33.7 Å². The zero-order chi connectivity index (χ0) is 14.9. The first-order valence-corrected chi connectivity index (χ1v) is 5.40. The lowest BCUT2D eigenvalue weighted by Gasteiger charge is -2.21. The molecule has 2 rings (SSSR count). The Morgan fingerprint density at radius 1 is 0.850 bits per heavy atom. The molecule has 0 spiro atoms. The van der Waals surface area contributed by atoms with Crippen LogP contribution in [0.25, 0.3) is 0 Å². The quantitative estimate of drug-likeness (QED) is 0.843. The van der Waals surface area contributed by atoms with Crippen molar-refractivity contribution >= 4 is 17.4 Å². The Bertz CT molecular complexity index is 624. The van der Waals surface area contributed by atoms with Crippen LogP contribution < -0.4 is 10.6 Å². The van der Waals surface area contributed by atoms with Gasteiger partial charge in [0, 0.05) is 12.1 Å². The van der Waals surface area contributed by atoms with Gasteiger partial charge in [-0.2, -0.15) is 0 Å². The number of carbonyl (C=O) groups excluding carboxylic acids is 1. The molecule has 0 aliphatic carbocycles. The molecule has 0 bridgehead atoms. The Hall–Kier alpha value is -2.57. The smallest absolute Gasteiger partial charge is 0.324 e. The van der Waals surface area contributed by atoms with E-state index in [4.69, 9.17) is 5.73 Å². The number of halogens is 4. The van der Waals surface area contributed by atoms with Crippen molar-refractivity contribution in [1.29, 1.82) is 0 Å². The van der Waals surface area contributed by atoms with Crippen LogP contribution in [0.15, 0.2) is 36.4 Å². The lowest BCUT2D eigenvalue weighted by molar-refractivity contribution is 0.255. The Balaban J connectivity index is 2.59. The van der Waals surface area contributed by atoms with Gasteiger partial charge in [-0.05, 0) is 24.3 Å². The van der Waals surface area contributed by atoms with Gasteiger partial charge in [0.15, 0.2) is 0 Å². The van der Waals surface area contributed by atoms with Crippen molar-refractivity contribution in [3.05, 3.63) is 59.7 Å². The molecule has 0 radical (unpaired) electrons. The third-order valence-corrected chi connectivity index (χ3v) is 2.52. The van der Waals surface area contributed by atoms with Gasteiger partial charge in [0.25, 0.3) is 0 Å². The number of hydrogen-bond donors (Lipinski definition) is 1. The van der Waals surface area contributed by atoms with Crippen molar-refractivity contribution in [1.82, 2.24) is 0 Å². The predicted molar refractivity (Wildman–Crippen MR) is 64.4 cm³/mol. The molecule has 0 saturated carbocycles. The molecule has 0 saturated heterocycles. The SMILES string of the molecule is NC(=O)N(c1ccc(F)cc1F)c1ccc(F)cc1F. The molecule has 2 amide bonds. The molecule has 0 aliphatic rings. The van der Waals surface area contributed by atoms with Gasteiger partial charge in [-0.25, -0.2) is 22.4 Å². The maximum absolute atomic E-state index is 13.7. The molecular weight excluding hydrogens is 276 g/mol. The summed E-state index contributed by atoms with van der Waals surface area (Å²) in [5, 5.41) is 0. The van der Waals surface area contributed by atoms with E-state index >= 15 is 0 Å². The van der Waals surface area contributed by atoms with E-state index in [-0.39, 0.29) is 0 Å². The van der Waals surface area contributed by atoms with Crippen molar-refractivity contribution in [2.45, 2.75) is 0 Å². The second kappa shape index (κ2) is 5.20. The lowest BCUT2D eigenvalue weighted by atomic mass is 10.2. The Morgan fingerprint density at radius 2 is 1.25 bits per heavy atom. The second-order valence-corrected chi connectivity index (χ2v) is 3.87. The molecule has 3 nitrogen and oxygen atoms in total. The molecule has 2 N–H and O–H groups in total. The van der Waals surface area contributed by atoms with E-state index in [2.05, 4.69) is 0 Å². The summed E-state index contributed by atoms with van der Waals surface area (Å²) >= 11 is 0. The summed E-state index contributed by atoms with van der Waals surface area (Å²) in [4.78, 5) is 11.9. The molecule has 2 aromatic rings. The normalized spacial score (nSPS) is 10.4. The van der Waals surface area contributed by atoms with E-state index in [9.17, 15) is 22.4 Å². The molecule has 0 heterocycles. The van der Waals surface area contributed by atoms with Gasteiger partial charge in [-0.15, -0.1) is 0 Å². The zero-order valence-corrected chi connectivity index (χ0v) is 9.91. The van der Waals surface area contributed by atoms with Crippen molar-refractivity contribution < 1.29 is 22.4 Å². The third kappa shape index (κ3) is 2.56. The summed E-state index contributed by atoms with van der Waals surface area (Å²) in [6.07, 6.45) is 0. The summed E-state index contributed by atoms with van der Waals surface area (Å²) in [5.41, 5.74) is 4.20. The summed E-state index contributed by atoms with van der Waals surface area (Å²) in [6, 6.07) is 3.47. The van der Waals surface area contributed by atoms with Gasteiger partial charge in [0.1, 0.15) is 23.3 Å². The largest absolute Gasteiger partial charge is 0.351 e. The number of hydrogen-bond acceptors (Lipinski definition) is 1. The van der Waals surface area contributed by atoms with Crippen molar-refractivity contribution in [2.24, 2.45) is 5.73 Å². The number of anilines is 2. The Morgan fingerprint density at radius 3 is 1.55 bits per heavy atom. The van der Waals surface area contributed by atoms with Crippen LogP contribution in [-0.4, -0.2) is 6.03 Å². The van der Waals surface area contributed by atoms with E-state index < -0.39 is 40.7 Å². The first-order valence-electron chi connectivity index (χ1n) is 5.40. The van der Waals surface area contributed by atoms with Crippen LogP contribution in [0.2, 0.25) is 0 Å². The molecule has 0 unspecified atom stereocenters. The highest BCUT2D eigenvalue weighted by molar-refractivity contribution is 5.98. The third-order valence-electron chi connectivity index (χ3n) is 2.52. The average molecular weight is 284 g/mol. The Kier molecular flexibility index (Phi) is 3.60. The predicted octanol–water partition coefficient (Wildman–Crippen LogP) is 3.46. The minimum absolute atomic E-state index is 0.440. The molecule has 0 aromatic heterocycles. The first kappa shape index (κ1) is 13.9. The van der Waals surface area contributed by atoms with Gasteiger partial charge in [0.2, 0.25) is 0 Å². The summed E-state index contributed by atoms with van der Waals surface area (Å²) in [5.74, 6) is -3.94. The highest BCUT2D eigenvalue weighted by Gasteiger charge is 2.22. The van der Waals surface area contributed by atoms with Gasteiger partial charge < -0.3 is 5.73 Å². The summed E-state index contributed by atoms with van der Waals surface area (Å²) in [7, 11) is 0. The number of carbonyl (C=O) groups is 1. The molecule has 104 valence electrons. The van der Waals surface area contributed by atoms with E-state index in [0.29, 0.717) is 17.0 Å². The molecule has 0 atom stereocenters. The molecule has 2 aromatic carbocycles. The molecular formula is C13H8F4N2O. The molecule has 7 heteroatoms. The highest BCUT2D eigenvalue weighted by Crippen LogP contribution is 2.30. The van der Waals surface area contributed by atoms with Crippen LogP contribution in [0.3, 0.4) is 0 Å². The van der Waals surface area contributed by atoms with Crippen LogP contribution in [0.5, 0.6) is 0 Å². The fraction of sp³-hybridized carbons (Fsp3) is 0. The van der Waals surface area contributed by atoms with Crippen LogP contribution in [-0.2, 0) is 0 Å². The number of amides is 2. The summed E-state index contributed by atoms with van der Waals surface area (Å²) < 4.78 is 53.0. The van der Waals surface area contributed by atoms with Crippen molar-refractivity contribution in [2.75, 3.05) is 4.90 Å². The topological polar surface area (TPSA) is 46.3 Å². The number of primary amides is 1. The van der Waals surface area contributed by atoms with Gasteiger partial charge in [-0.1, -0.05) is 0 Å². The average Bonchev–Trinajstić information content (AvgIpc) is 2.34. The van der Waals surface area contributed by atoms with E-state index in [1.807, 2.05) is 0 Å². The zero-order valence-electron chi connectivity index (χ0n) is 9.91. The molecule has 0 fully saturated rings. The maximum Gasteiger partial charge on any atom is 0.324 e. The standard InChI is InChI=1S/C13H8F4N2O/c14-7-1-3-11(9(16)5-7)19(13(18)20)12-4-2-8(15)6-10(12)17/h1-6H,(H2,18,20). The number of rotatable bonds is 2. The van der Waals surface area contributed by atoms with Crippen LogP contribution in [0.1, 0.15) is 0 Å². The van der Waals surface area contributed by atoms with E-state index in [1.54, 1.807) is 0 Å². The minimum atomic E-state index is -1.19. The van der Waals surface area contributed by atoms with Crippen LogP contribution in [0, 0.1) is 23.3 Å². The first-order chi connectivity index (χ1) is 9.40.